The number of aromatic nitrogens is 5. The Morgan fingerprint density at radius 2 is 2.18 bits per heavy atom. The molecule has 33 heavy (non-hydrogen) atoms. The van der Waals surface area contributed by atoms with E-state index in [4.69, 9.17) is 0 Å². The van der Waals surface area contributed by atoms with Gasteiger partial charge >= 0.3 is 0 Å². The molecule has 2 N–H and O–H groups in total. The zero-order chi connectivity index (χ0) is 22.8. The zero-order valence-electron chi connectivity index (χ0n) is 19.0. The molecule has 1 aliphatic rings. The number of thiazole rings is 1. The molecule has 9 heteroatoms. The maximum atomic E-state index is 13.1. The van der Waals surface area contributed by atoms with E-state index in [1.807, 2.05) is 17.7 Å². The van der Waals surface area contributed by atoms with Crippen LogP contribution < -0.4 is 10.2 Å². The molecule has 0 aliphatic carbocycles. The number of hydrogen-bond donors (Lipinski definition) is 2. The summed E-state index contributed by atoms with van der Waals surface area (Å²) in [6, 6.07) is 8.40. The van der Waals surface area contributed by atoms with Crippen molar-refractivity contribution >= 4 is 33.3 Å². The van der Waals surface area contributed by atoms with Gasteiger partial charge in [-0.1, -0.05) is 49.3 Å². The standard InChI is InChI=1S/C24H29N7OS/c1-3-4-7-18(12-17-13-25-20-9-6-5-8-19(17)20)28-23(32)21-14-26-24(33-21)30-10-11-31-22(15-30)27-16(2)29-31/h5-6,8-9,13-14,18,25H,3-4,7,10-12,15H2,1-2H3,(H,28,32). The van der Waals surface area contributed by atoms with E-state index in [1.165, 1.54) is 22.3 Å². The van der Waals surface area contributed by atoms with Crippen molar-refractivity contribution < 1.29 is 4.79 Å². The maximum absolute atomic E-state index is 13.1. The van der Waals surface area contributed by atoms with E-state index in [1.54, 1.807) is 6.20 Å². The van der Waals surface area contributed by atoms with Crippen LogP contribution in [0.4, 0.5) is 5.13 Å². The molecule has 0 bridgehead atoms. The van der Waals surface area contributed by atoms with E-state index in [9.17, 15) is 4.79 Å². The third kappa shape index (κ3) is 4.64. The van der Waals surface area contributed by atoms with Crippen LogP contribution in [0.3, 0.4) is 0 Å². The molecule has 1 unspecified atom stereocenters. The lowest BCUT2D eigenvalue weighted by Crippen LogP contribution is -2.36. The summed E-state index contributed by atoms with van der Waals surface area (Å²) in [7, 11) is 0. The van der Waals surface area contributed by atoms with Crippen molar-refractivity contribution in [2.45, 2.75) is 58.7 Å². The number of aromatic amines is 1. The van der Waals surface area contributed by atoms with Gasteiger partial charge in [0.15, 0.2) is 5.13 Å². The summed E-state index contributed by atoms with van der Waals surface area (Å²) in [5, 5.41) is 9.77. The molecule has 4 aromatic rings. The first kappa shape index (κ1) is 21.6. The van der Waals surface area contributed by atoms with E-state index in [2.05, 4.69) is 61.6 Å². The number of carbonyl (C=O) groups is 1. The first-order valence-electron chi connectivity index (χ1n) is 11.6. The first-order chi connectivity index (χ1) is 16.1. The number of anilines is 1. The third-order valence-corrected chi connectivity index (χ3v) is 7.20. The largest absolute Gasteiger partial charge is 0.361 e. The fourth-order valence-electron chi connectivity index (χ4n) is 4.44. The number of hydrogen-bond acceptors (Lipinski definition) is 6. The van der Waals surface area contributed by atoms with Crippen molar-refractivity contribution in [2.24, 2.45) is 0 Å². The van der Waals surface area contributed by atoms with Crippen molar-refractivity contribution in [1.29, 1.82) is 0 Å². The molecule has 0 spiro atoms. The number of carbonyl (C=O) groups excluding carboxylic acids is 1. The predicted octanol–water partition coefficient (Wildman–Crippen LogP) is 4.08. The topological polar surface area (TPSA) is 91.7 Å². The number of nitrogens with one attached hydrogen (secondary N) is 2. The summed E-state index contributed by atoms with van der Waals surface area (Å²) in [6.45, 7) is 6.34. The fourth-order valence-corrected chi connectivity index (χ4v) is 5.28. The third-order valence-electron chi connectivity index (χ3n) is 6.14. The lowest BCUT2D eigenvalue weighted by Gasteiger charge is -2.25. The SMILES string of the molecule is CCCCC(Cc1c[nH]c2ccccc12)NC(=O)c1cnc(N2CCn3nc(C)nc3C2)s1. The van der Waals surface area contributed by atoms with Crippen LogP contribution in [-0.2, 0) is 19.5 Å². The molecule has 4 heterocycles. The van der Waals surface area contributed by atoms with E-state index in [0.717, 1.165) is 61.1 Å². The molecule has 1 aliphatic heterocycles. The van der Waals surface area contributed by atoms with Crippen LogP contribution in [0.25, 0.3) is 10.9 Å². The van der Waals surface area contributed by atoms with Crippen molar-refractivity contribution in [3.63, 3.8) is 0 Å². The van der Waals surface area contributed by atoms with Gasteiger partial charge in [-0.3, -0.25) is 4.79 Å². The average Bonchev–Trinajstić information content (AvgIpc) is 3.55. The van der Waals surface area contributed by atoms with Crippen molar-refractivity contribution in [3.05, 3.63) is 58.7 Å². The molecule has 1 amide bonds. The Morgan fingerprint density at radius 1 is 1.30 bits per heavy atom. The molecule has 3 aromatic heterocycles. The minimum absolute atomic E-state index is 0.0456. The Kier molecular flexibility index (Phi) is 6.13. The molecule has 5 rings (SSSR count). The predicted molar refractivity (Wildman–Crippen MR) is 131 cm³/mol. The summed E-state index contributed by atoms with van der Waals surface area (Å²) < 4.78 is 1.95. The Bertz CT molecular complexity index is 1260. The smallest absolute Gasteiger partial charge is 0.263 e. The second-order valence-electron chi connectivity index (χ2n) is 8.60. The highest BCUT2D eigenvalue weighted by Crippen LogP contribution is 2.26. The van der Waals surface area contributed by atoms with Gasteiger partial charge in [0.25, 0.3) is 5.91 Å². The zero-order valence-corrected chi connectivity index (χ0v) is 19.9. The number of unbranched alkanes of at least 4 members (excludes halogenated alkanes) is 1. The summed E-state index contributed by atoms with van der Waals surface area (Å²) in [5.41, 5.74) is 2.37. The Labute approximate surface area is 197 Å². The number of fused-ring (bicyclic) bond motifs is 2. The molecule has 0 fully saturated rings. The highest BCUT2D eigenvalue weighted by Gasteiger charge is 2.23. The molecule has 0 saturated carbocycles. The van der Waals surface area contributed by atoms with E-state index >= 15 is 0 Å². The van der Waals surface area contributed by atoms with Gasteiger partial charge in [-0.2, -0.15) is 5.10 Å². The molecular formula is C24H29N7OS. The second-order valence-corrected chi connectivity index (χ2v) is 9.61. The first-order valence-corrected chi connectivity index (χ1v) is 12.4. The monoisotopic (exact) mass is 463 g/mol. The Balaban J connectivity index is 1.27. The number of aryl methyl sites for hydroxylation is 1. The minimum Gasteiger partial charge on any atom is -0.361 e. The lowest BCUT2D eigenvalue weighted by atomic mass is 10.0. The summed E-state index contributed by atoms with van der Waals surface area (Å²) in [5.74, 6) is 1.69. The summed E-state index contributed by atoms with van der Waals surface area (Å²) >= 11 is 1.44. The van der Waals surface area contributed by atoms with Crippen LogP contribution in [0.1, 0.15) is 53.1 Å². The van der Waals surface area contributed by atoms with Crippen LogP contribution in [0.15, 0.2) is 36.7 Å². The lowest BCUT2D eigenvalue weighted by molar-refractivity contribution is 0.0938. The van der Waals surface area contributed by atoms with E-state index < -0.39 is 0 Å². The summed E-state index contributed by atoms with van der Waals surface area (Å²) in [4.78, 5) is 28.3. The Morgan fingerprint density at radius 3 is 3.06 bits per heavy atom. The molecule has 8 nitrogen and oxygen atoms in total. The van der Waals surface area contributed by atoms with Gasteiger partial charge in [-0.15, -0.1) is 0 Å². The molecule has 1 aromatic carbocycles. The van der Waals surface area contributed by atoms with Crippen LogP contribution in [0.5, 0.6) is 0 Å². The number of amides is 1. The molecule has 1 atom stereocenters. The van der Waals surface area contributed by atoms with Crippen LogP contribution in [-0.4, -0.2) is 43.2 Å². The Hall–Kier alpha value is -3.20. The second kappa shape index (κ2) is 9.35. The molecule has 172 valence electrons. The highest BCUT2D eigenvalue weighted by atomic mass is 32.1. The van der Waals surface area contributed by atoms with Crippen LogP contribution in [0.2, 0.25) is 0 Å². The normalized spacial score (nSPS) is 14.4. The van der Waals surface area contributed by atoms with Gasteiger partial charge < -0.3 is 15.2 Å². The fraction of sp³-hybridized carbons (Fsp3) is 0.417. The maximum Gasteiger partial charge on any atom is 0.263 e. The highest BCUT2D eigenvalue weighted by molar-refractivity contribution is 7.17. The van der Waals surface area contributed by atoms with Gasteiger partial charge in [0.05, 0.1) is 19.3 Å². The average molecular weight is 464 g/mol. The van der Waals surface area contributed by atoms with Gasteiger partial charge in [-0.25, -0.2) is 14.6 Å². The van der Waals surface area contributed by atoms with Crippen molar-refractivity contribution in [2.75, 3.05) is 11.4 Å². The van der Waals surface area contributed by atoms with Gasteiger partial charge in [0, 0.05) is 29.7 Å². The van der Waals surface area contributed by atoms with Gasteiger partial charge in [0.1, 0.15) is 16.5 Å². The summed E-state index contributed by atoms with van der Waals surface area (Å²) in [6.07, 6.45) is 7.70. The van der Waals surface area contributed by atoms with Crippen LogP contribution in [0, 0.1) is 6.92 Å². The number of H-pyrrole nitrogens is 1. The minimum atomic E-state index is -0.0456. The number of rotatable bonds is 8. The number of nitrogens with zero attached hydrogens (tertiary/aromatic N) is 5. The van der Waals surface area contributed by atoms with E-state index in [-0.39, 0.29) is 11.9 Å². The van der Waals surface area contributed by atoms with Crippen molar-refractivity contribution in [3.8, 4) is 0 Å². The quantitative estimate of drug-likeness (QED) is 0.411. The van der Waals surface area contributed by atoms with E-state index in [0.29, 0.717) is 11.4 Å². The molecule has 0 saturated heterocycles. The molecule has 0 radical (unpaired) electrons. The molecular weight excluding hydrogens is 434 g/mol. The number of benzene rings is 1. The van der Waals surface area contributed by atoms with Crippen molar-refractivity contribution in [1.82, 2.24) is 30.0 Å². The van der Waals surface area contributed by atoms with Gasteiger partial charge in [0.2, 0.25) is 0 Å². The number of para-hydroxylation sites is 1. The van der Waals surface area contributed by atoms with Crippen LogP contribution >= 0.6 is 11.3 Å². The van der Waals surface area contributed by atoms with Gasteiger partial charge in [-0.05, 0) is 31.4 Å².